The Kier molecular flexibility index (Phi) is 7.57. The standard InChI is InChI=1S/C19H23N3O5/c1-26-16-6-5-13(10-17(16)27-2)7-9-21-15(19(24)25)11-18(23)22-14-4-3-8-20-12-14/h3-6,8,10,12,15,21H,7,9,11H2,1-2H3,(H,22,23)(H,24,25)/t15-/m0/s1. The summed E-state index contributed by atoms with van der Waals surface area (Å²) in [5.74, 6) is -0.435. The maximum Gasteiger partial charge on any atom is 0.230 e. The molecule has 0 unspecified atom stereocenters. The summed E-state index contributed by atoms with van der Waals surface area (Å²) in [7, 11) is 3.12. The summed E-state index contributed by atoms with van der Waals surface area (Å²) in [6.45, 7) is 0.480. The normalized spacial score (nSPS) is 11.5. The number of rotatable bonds is 10. The number of quaternary nitrogens is 1. The lowest BCUT2D eigenvalue weighted by molar-refractivity contribution is -0.682. The van der Waals surface area contributed by atoms with Gasteiger partial charge in [-0.25, -0.2) is 0 Å². The van der Waals surface area contributed by atoms with Gasteiger partial charge < -0.3 is 30.0 Å². The number of amides is 1. The lowest BCUT2D eigenvalue weighted by atomic mass is 10.1. The fourth-order valence-corrected chi connectivity index (χ4v) is 2.60. The number of aliphatic carboxylic acids is 1. The van der Waals surface area contributed by atoms with Crippen LogP contribution < -0.4 is 25.2 Å². The Morgan fingerprint density at radius 1 is 1.22 bits per heavy atom. The topological polar surface area (TPSA) is 117 Å². The fourth-order valence-electron chi connectivity index (χ4n) is 2.60. The minimum atomic E-state index is -1.27. The SMILES string of the molecule is COc1ccc(CC[NH2+][C@@H](CC(=O)Nc2cccnc2)C(=O)[O-])cc1OC. The summed E-state index contributed by atoms with van der Waals surface area (Å²) in [4.78, 5) is 27.3. The number of methoxy groups -OCH3 is 2. The van der Waals surface area contributed by atoms with E-state index in [2.05, 4.69) is 10.3 Å². The van der Waals surface area contributed by atoms with E-state index < -0.39 is 17.9 Å². The van der Waals surface area contributed by atoms with Gasteiger partial charge in [0.15, 0.2) is 11.5 Å². The van der Waals surface area contributed by atoms with Crippen LogP contribution in [-0.2, 0) is 16.0 Å². The Morgan fingerprint density at radius 2 is 2.00 bits per heavy atom. The van der Waals surface area contributed by atoms with E-state index in [0.717, 1.165) is 5.56 Å². The minimum Gasteiger partial charge on any atom is -0.544 e. The van der Waals surface area contributed by atoms with Crippen LogP contribution in [0.2, 0.25) is 0 Å². The molecular weight excluding hydrogens is 350 g/mol. The highest BCUT2D eigenvalue weighted by molar-refractivity contribution is 5.93. The number of carbonyl (C=O) groups excluding carboxylic acids is 2. The summed E-state index contributed by atoms with van der Waals surface area (Å²) in [5.41, 5.74) is 1.49. The number of carboxylic acids is 1. The molecule has 1 aromatic carbocycles. The molecule has 0 saturated heterocycles. The smallest absolute Gasteiger partial charge is 0.230 e. The Hall–Kier alpha value is -3.13. The molecule has 1 atom stereocenters. The number of hydrogen-bond acceptors (Lipinski definition) is 6. The van der Waals surface area contributed by atoms with Gasteiger partial charge in [0.2, 0.25) is 5.91 Å². The minimum absolute atomic E-state index is 0.191. The molecule has 27 heavy (non-hydrogen) atoms. The summed E-state index contributed by atoms with van der Waals surface area (Å²) < 4.78 is 10.4. The highest BCUT2D eigenvalue weighted by Gasteiger charge is 2.18. The number of hydrogen-bond donors (Lipinski definition) is 2. The third-order valence-corrected chi connectivity index (χ3v) is 3.99. The van der Waals surface area contributed by atoms with E-state index in [1.54, 1.807) is 43.9 Å². The molecule has 1 heterocycles. The molecule has 1 aromatic heterocycles. The molecule has 8 nitrogen and oxygen atoms in total. The lowest BCUT2D eigenvalue weighted by Gasteiger charge is -2.16. The van der Waals surface area contributed by atoms with E-state index in [9.17, 15) is 14.7 Å². The number of carboxylic acid groups (broad SMARTS) is 1. The fraction of sp³-hybridized carbons (Fsp3) is 0.316. The zero-order chi connectivity index (χ0) is 19.6. The van der Waals surface area contributed by atoms with E-state index >= 15 is 0 Å². The van der Waals surface area contributed by atoms with Gasteiger partial charge in [-0.3, -0.25) is 9.78 Å². The molecule has 2 rings (SSSR count). The average Bonchev–Trinajstić information content (AvgIpc) is 2.67. The van der Waals surface area contributed by atoms with Crippen LogP contribution in [0, 0.1) is 0 Å². The molecule has 144 valence electrons. The van der Waals surface area contributed by atoms with E-state index in [4.69, 9.17) is 9.47 Å². The second-order valence-corrected chi connectivity index (χ2v) is 5.88. The van der Waals surface area contributed by atoms with Crippen molar-refractivity contribution >= 4 is 17.6 Å². The van der Waals surface area contributed by atoms with E-state index in [1.807, 2.05) is 12.1 Å². The predicted molar refractivity (Wildman–Crippen MR) is 96.3 cm³/mol. The van der Waals surface area contributed by atoms with Crippen molar-refractivity contribution in [3.8, 4) is 11.5 Å². The molecule has 0 aliphatic rings. The van der Waals surface area contributed by atoms with Crippen molar-refractivity contribution < 1.29 is 29.5 Å². The van der Waals surface area contributed by atoms with Gasteiger partial charge in [0.05, 0.1) is 45.0 Å². The Labute approximate surface area is 157 Å². The van der Waals surface area contributed by atoms with Crippen LogP contribution in [0.4, 0.5) is 5.69 Å². The largest absolute Gasteiger partial charge is 0.544 e. The van der Waals surface area contributed by atoms with Crippen LogP contribution in [0.5, 0.6) is 11.5 Å². The van der Waals surface area contributed by atoms with Gasteiger partial charge in [-0.2, -0.15) is 0 Å². The first kappa shape index (κ1) is 20.2. The third-order valence-electron chi connectivity index (χ3n) is 3.99. The molecule has 3 N–H and O–H groups in total. The predicted octanol–water partition coefficient (Wildman–Crippen LogP) is -0.648. The van der Waals surface area contributed by atoms with Gasteiger partial charge in [-0.05, 0) is 29.8 Å². The summed E-state index contributed by atoms with van der Waals surface area (Å²) in [5, 5.41) is 15.6. The zero-order valence-electron chi connectivity index (χ0n) is 15.3. The lowest BCUT2D eigenvalue weighted by Crippen LogP contribution is -2.93. The summed E-state index contributed by atoms with van der Waals surface area (Å²) in [6.07, 6.45) is 3.49. The van der Waals surface area contributed by atoms with Crippen LogP contribution in [0.1, 0.15) is 12.0 Å². The van der Waals surface area contributed by atoms with Crippen LogP contribution in [0.25, 0.3) is 0 Å². The number of nitrogens with two attached hydrogens (primary N) is 1. The number of benzene rings is 1. The molecule has 8 heteroatoms. The number of pyridine rings is 1. The first-order valence-electron chi connectivity index (χ1n) is 8.48. The monoisotopic (exact) mass is 373 g/mol. The van der Waals surface area contributed by atoms with Crippen molar-refractivity contribution in [2.75, 3.05) is 26.1 Å². The van der Waals surface area contributed by atoms with Crippen molar-refractivity contribution in [2.24, 2.45) is 0 Å². The highest BCUT2D eigenvalue weighted by Crippen LogP contribution is 2.27. The van der Waals surface area contributed by atoms with E-state index in [1.165, 1.54) is 6.20 Å². The van der Waals surface area contributed by atoms with Crippen molar-refractivity contribution in [2.45, 2.75) is 18.9 Å². The molecule has 0 aliphatic carbocycles. The molecule has 0 radical (unpaired) electrons. The maximum absolute atomic E-state index is 12.0. The number of aromatic nitrogens is 1. The van der Waals surface area contributed by atoms with Gasteiger partial charge in [0.25, 0.3) is 0 Å². The molecule has 0 fully saturated rings. The van der Waals surface area contributed by atoms with Gasteiger partial charge in [-0.1, -0.05) is 6.07 Å². The van der Waals surface area contributed by atoms with Crippen LogP contribution >= 0.6 is 0 Å². The van der Waals surface area contributed by atoms with Gasteiger partial charge in [0, 0.05) is 12.6 Å². The van der Waals surface area contributed by atoms with Crippen LogP contribution in [-0.4, -0.2) is 43.7 Å². The summed E-state index contributed by atoms with van der Waals surface area (Å²) >= 11 is 0. The molecule has 1 amide bonds. The maximum atomic E-state index is 12.0. The van der Waals surface area contributed by atoms with Gasteiger partial charge in [-0.15, -0.1) is 0 Å². The Bertz CT molecular complexity index is 767. The second-order valence-electron chi connectivity index (χ2n) is 5.88. The van der Waals surface area contributed by atoms with Crippen LogP contribution in [0.15, 0.2) is 42.7 Å². The summed E-state index contributed by atoms with van der Waals surface area (Å²) in [6, 6.07) is 7.92. The van der Waals surface area contributed by atoms with Gasteiger partial charge >= 0.3 is 0 Å². The van der Waals surface area contributed by atoms with Crippen molar-refractivity contribution in [1.82, 2.24) is 4.98 Å². The van der Waals surface area contributed by atoms with E-state index in [0.29, 0.717) is 30.2 Å². The number of nitrogens with one attached hydrogen (secondary N) is 1. The highest BCUT2D eigenvalue weighted by atomic mass is 16.5. The van der Waals surface area contributed by atoms with Crippen LogP contribution in [0.3, 0.4) is 0 Å². The molecule has 0 aliphatic heterocycles. The molecule has 0 saturated carbocycles. The molecule has 2 aromatic rings. The Morgan fingerprint density at radius 3 is 2.63 bits per heavy atom. The van der Waals surface area contributed by atoms with Crippen molar-refractivity contribution in [3.05, 3.63) is 48.3 Å². The number of anilines is 1. The Balaban J connectivity index is 1.87. The molecule has 0 spiro atoms. The number of ether oxygens (including phenoxy) is 2. The van der Waals surface area contributed by atoms with Crippen molar-refractivity contribution in [3.63, 3.8) is 0 Å². The average molecular weight is 373 g/mol. The molecular formula is C19H23N3O5. The van der Waals surface area contributed by atoms with E-state index in [-0.39, 0.29) is 6.42 Å². The van der Waals surface area contributed by atoms with Gasteiger partial charge in [0.1, 0.15) is 6.04 Å². The van der Waals surface area contributed by atoms with Crippen molar-refractivity contribution in [1.29, 1.82) is 0 Å². The number of nitrogens with zero attached hydrogens (tertiary/aromatic N) is 1. The zero-order valence-corrected chi connectivity index (χ0v) is 15.3. The molecule has 0 bridgehead atoms. The first-order valence-corrected chi connectivity index (χ1v) is 8.48. The first-order chi connectivity index (χ1) is 13.0. The second kappa shape index (κ2) is 10.1. The third kappa shape index (κ3) is 6.27. The quantitative estimate of drug-likeness (QED) is 0.572. The number of carbonyl (C=O) groups is 2.